The molecule has 110 valence electrons. The van der Waals surface area contributed by atoms with Crippen molar-refractivity contribution < 1.29 is 14.3 Å². The summed E-state index contributed by atoms with van der Waals surface area (Å²) in [5.74, 6) is -0.570. The Morgan fingerprint density at radius 1 is 1.35 bits per heavy atom. The summed E-state index contributed by atoms with van der Waals surface area (Å²) < 4.78 is 4.62. The number of nitrogens with zero attached hydrogens (tertiary/aromatic N) is 1. The molecule has 0 heterocycles. The van der Waals surface area contributed by atoms with Gasteiger partial charge in [-0.05, 0) is 32.0 Å². The van der Waals surface area contributed by atoms with Crippen molar-refractivity contribution >= 4 is 29.2 Å². The Hall–Kier alpha value is -1.59. The van der Waals surface area contributed by atoms with Crippen molar-refractivity contribution in [2.75, 3.05) is 25.5 Å². The molecule has 20 heavy (non-hydrogen) atoms. The molecule has 1 rings (SSSR count). The third-order valence-corrected chi connectivity index (χ3v) is 2.98. The second kappa shape index (κ2) is 7.87. The van der Waals surface area contributed by atoms with Crippen LogP contribution in [0.5, 0.6) is 0 Å². The fourth-order valence-electron chi connectivity index (χ4n) is 1.60. The van der Waals surface area contributed by atoms with E-state index >= 15 is 0 Å². The van der Waals surface area contributed by atoms with E-state index in [1.165, 1.54) is 7.11 Å². The van der Waals surface area contributed by atoms with Crippen LogP contribution in [0, 0.1) is 0 Å². The Labute approximate surface area is 123 Å². The van der Waals surface area contributed by atoms with E-state index in [4.69, 9.17) is 11.6 Å². The summed E-state index contributed by atoms with van der Waals surface area (Å²) in [5, 5.41) is 3.30. The first-order valence-electron chi connectivity index (χ1n) is 6.28. The van der Waals surface area contributed by atoms with Crippen molar-refractivity contribution in [3.63, 3.8) is 0 Å². The van der Waals surface area contributed by atoms with Crippen LogP contribution >= 0.6 is 11.6 Å². The number of rotatable bonds is 6. The number of hydrogen-bond donors (Lipinski definition) is 1. The molecule has 0 spiro atoms. The Kier molecular flexibility index (Phi) is 6.48. The van der Waals surface area contributed by atoms with Crippen LogP contribution in [0.4, 0.5) is 5.69 Å². The summed E-state index contributed by atoms with van der Waals surface area (Å²) in [4.78, 5) is 25.0. The number of hydrogen-bond acceptors (Lipinski definition) is 4. The molecule has 0 aliphatic carbocycles. The number of anilines is 1. The minimum absolute atomic E-state index is 0.0548. The molecule has 1 aromatic rings. The summed E-state index contributed by atoms with van der Waals surface area (Å²) in [6.07, 6.45) is 0. The van der Waals surface area contributed by atoms with Gasteiger partial charge in [0.2, 0.25) is 5.91 Å². The average molecular weight is 299 g/mol. The molecular weight excluding hydrogens is 280 g/mol. The van der Waals surface area contributed by atoms with Crippen LogP contribution in [0.25, 0.3) is 0 Å². The lowest BCUT2D eigenvalue weighted by molar-refractivity contribution is -0.142. The monoisotopic (exact) mass is 298 g/mol. The lowest BCUT2D eigenvalue weighted by Gasteiger charge is -2.24. The number of carbonyl (C=O) groups is 2. The SMILES string of the molecule is COC(=O)CN(CC(=O)Nc1cccc(Cl)c1)C(C)C. The normalized spacial score (nSPS) is 10.7. The predicted octanol–water partition coefficient (Wildman–Crippen LogP) is 2.16. The lowest BCUT2D eigenvalue weighted by Crippen LogP contribution is -2.41. The standard InChI is InChI=1S/C14H19ClN2O3/c1-10(2)17(9-14(19)20-3)8-13(18)16-12-6-4-5-11(15)7-12/h4-7,10H,8-9H2,1-3H3,(H,16,18). The van der Waals surface area contributed by atoms with E-state index in [1.807, 2.05) is 13.8 Å². The third-order valence-electron chi connectivity index (χ3n) is 2.75. The van der Waals surface area contributed by atoms with Gasteiger partial charge in [0, 0.05) is 16.8 Å². The van der Waals surface area contributed by atoms with Crippen molar-refractivity contribution in [3.05, 3.63) is 29.3 Å². The molecule has 1 amide bonds. The van der Waals surface area contributed by atoms with Crippen molar-refractivity contribution in [1.29, 1.82) is 0 Å². The zero-order chi connectivity index (χ0) is 15.1. The quantitative estimate of drug-likeness (QED) is 0.818. The molecule has 0 radical (unpaired) electrons. The van der Waals surface area contributed by atoms with Crippen LogP contribution in [0.1, 0.15) is 13.8 Å². The highest BCUT2D eigenvalue weighted by molar-refractivity contribution is 6.30. The van der Waals surface area contributed by atoms with Crippen LogP contribution in [0.2, 0.25) is 5.02 Å². The van der Waals surface area contributed by atoms with Gasteiger partial charge in [0.05, 0.1) is 20.2 Å². The molecule has 0 saturated heterocycles. The molecule has 0 atom stereocenters. The summed E-state index contributed by atoms with van der Waals surface area (Å²) in [7, 11) is 1.33. The Balaban J connectivity index is 2.60. The molecule has 0 unspecified atom stereocenters. The number of halogens is 1. The topological polar surface area (TPSA) is 58.6 Å². The number of benzene rings is 1. The van der Waals surface area contributed by atoms with E-state index in [2.05, 4.69) is 10.1 Å². The lowest BCUT2D eigenvalue weighted by atomic mass is 10.3. The Morgan fingerprint density at radius 3 is 2.60 bits per heavy atom. The molecule has 0 aliphatic heterocycles. The first-order chi connectivity index (χ1) is 9.42. The minimum atomic E-state index is -0.366. The molecule has 1 aromatic carbocycles. The Morgan fingerprint density at radius 2 is 2.05 bits per heavy atom. The van der Waals surface area contributed by atoms with Crippen LogP contribution in [-0.4, -0.2) is 43.0 Å². The van der Waals surface area contributed by atoms with Gasteiger partial charge in [0.15, 0.2) is 0 Å². The van der Waals surface area contributed by atoms with Gasteiger partial charge in [-0.15, -0.1) is 0 Å². The molecule has 5 nitrogen and oxygen atoms in total. The van der Waals surface area contributed by atoms with E-state index in [0.29, 0.717) is 10.7 Å². The van der Waals surface area contributed by atoms with Gasteiger partial charge in [-0.3, -0.25) is 14.5 Å². The van der Waals surface area contributed by atoms with Gasteiger partial charge < -0.3 is 10.1 Å². The van der Waals surface area contributed by atoms with Crippen molar-refractivity contribution in [2.45, 2.75) is 19.9 Å². The maximum absolute atomic E-state index is 12.0. The first kappa shape index (κ1) is 16.5. The van der Waals surface area contributed by atoms with Crippen molar-refractivity contribution in [3.8, 4) is 0 Å². The van der Waals surface area contributed by atoms with E-state index in [-0.39, 0.29) is 31.0 Å². The molecule has 0 fully saturated rings. The largest absolute Gasteiger partial charge is 0.468 e. The maximum atomic E-state index is 12.0. The summed E-state index contributed by atoms with van der Waals surface area (Å²) in [5.41, 5.74) is 0.629. The number of ether oxygens (including phenoxy) is 1. The van der Waals surface area contributed by atoms with E-state index in [0.717, 1.165) is 0 Å². The summed E-state index contributed by atoms with van der Waals surface area (Å²) in [6.45, 7) is 4.02. The fraction of sp³-hybridized carbons (Fsp3) is 0.429. The van der Waals surface area contributed by atoms with Gasteiger partial charge in [-0.1, -0.05) is 17.7 Å². The van der Waals surface area contributed by atoms with E-state index in [1.54, 1.807) is 29.2 Å². The van der Waals surface area contributed by atoms with Gasteiger partial charge in [0.1, 0.15) is 0 Å². The maximum Gasteiger partial charge on any atom is 0.319 e. The Bertz CT molecular complexity index is 477. The van der Waals surface area contributed by atoms with Crippen LogP contribution in [-0.2, 0) is 14.3 Å². The molecule has 0 bridgehead atoms. The van der Waals surface area contributed by atoms with Gasteiger partial charge in [-0.25, -0.2) is 0 Å². The van der Waals surface area contributed by atoms with Crippen LogP contribution in [0.3, 0.4) is 0 Å². The van der Waals surface area contributed by atoms with Gasteiger partial charge >= 0.3 is 5.97 Å². The average Bonchev–Trinajstić information content (AvgIpc) is 2.37. The van der Waals surface area contributed by atoms with Crippen LogP contribution in [0.15, 0.2) is 24.3 Å². The van der Waals surface area contributed by atoms with E-state index < -0.39 is 0 Å². The second-order valence-corrected chi connectivity index (χ2v) is 5.07. The highest BCUT2D eigenvalue weighted by Crippen LogP contribution is 2.14. The summed E-state index contributed by atoms with van der Waals surface area (Å²) in [6, 6.07) is 6.96. The fourth-order valence-corrected chi connectivity index (χ4v) is 1.79. The minimum Gasteiger partial charge on any atom is -0.468 e. The number of nitrogens with one attached hydrogen (secondary N) is 1. The van der Waals surface area contributed by atoms with Gasteiger partial charge in [0.25, 0.3) is 0 Å². The van der Waals surface area contributed by atoms with Crippen LogP contribution < -0.4 is 5.32 Å². The number of carbonyl (C=O) groups excluding carboxylic acids is 2. The highest BCUT2D eigenvalue weighted by atomic mass is 35.5. The number of esters is 1. The first-order valence-corrected chi connectivity index (χ1v) is 6.66. The number of amides is 1. The molecule has 0 aromatic heterocycles. The van der Waals surface area contributed by atoms with Crippen molar-refractivity contribution in [1.82, 2.24) is 4.90 Å². The van der Waals surface area contributed by atoms with Gasteiger partial charge in [-0.2, -0.15) is 0 Å². The zero-order valence-electron chi connectivity index (χ0n) is 11.9. The molecule has 0 saturated carbocycles. The highest BCUT2D eigenvalue weighted by Gasteiger charge is 2.17. The zero-order valence-corrected chi connectivity index (χ0v) is 12.6. The smallest absolute Gasteiger partial charge is 0.319 e. The predicted molar refractivity (Wildman–Crippen MR) is 78.8 cm³/mol. The molecule has 1 N–H and O–H groups in total. The van der Waals surface area contributed by atoms with Crippen molar-refractivity contribution in [2.24, 2.45) is 0 Å². The summed E-state index contributed by atoms with van der Waals surface area (Å²) >= 11 is 5.85. The number of methoxy groups -OCH3 is 1. The molecular formula is C14H19ClN2O3. The molecule has 0 aliphatic rings. The third kappa shape index (κ3) is 5.59. The van der Waals surface area contributed by atoms with E-state index in [9.17, 15) is 9.59 Å². The molecule has 6 heteroatoms. The second-order valence-electron chi connectivity index (χ2n) is 4.63.